The van der Waals surface area contributed by atoms with Gasteiger partial charge in [0.1, 0.15) is 18.1 Å². The standard InChI is InChI=1S/C19H19ClN2O3/c1-3-22-11-13(12-25-15-7-5-14(20)6-8-15)16-10-21-17(9-18(16)22)19(23)24-4-2/h5-11H,3-4,12H2,1-2H3. The average molecular weight is 359 g/mol. The van der Waals surface area contributed by atoms with Gasteiger partial charge in [0.15, 0.2) is 0 Å². The number of aromatic nitrogens is 2. The summed E-state index contributed by atoms with van der Waals surface area (Å²) < 4.78 is 12.9. The number of hydrogen-bond donors (Lipinski definition) is 0. The van der Waals surface area contributed by atoms with Gasteiger partial charge in [0, 0.05) is 34.9 Å². The fourth-order valence-corrected chi connectivity index (χ4v) is 2.77. The monoisotopic (exact) mass is 358 g/mol. The molecule has 0 atom stereocenters. The lowest BCUT2D eigenvalue weighted by Gasteiger charge is -2.05. The largest absolute Gasteiger partial charge is 0.489 e. The van der Waals surface area contributed by atoms with E-state index in [1.165, 1.54) is 0 Å². The topological polar surface area (TPSA) is 53.4 Å². The van der Waals surface area contributed by atoms with Crippen LogP contribution in [0.15, 0.2) is 42.7 Å². The van der Waals surface area contributed by atoms with Gasteiger partial charge in [-0.2, -0.15) is 0 Å². The molecule has 0 N–H and O–H groups in total. The number of hydrogen-bond acceptors (Lipinski definition) is 4. The van der Waals surface area contributed by atoms with Gasteiger partial charge in [-0.1, -0.05) is 11.6 Å². The maximum absolute atomic E-state index is 11.9. The molecule has 5 nitrogen and oxygen atoms in total. The number of benzene rings is 1. The highest BCUT2D eigenvalue weighted by Gasteiger charge is 2.14. The van der Waals surface area contributed by atoms with E-state index in [4.69, 9.17) is 21.1 Å². The van der Waals surface area contributed by atoms with Crippen LogP contribution in [0.25, 0.3) is 10.9 Å². The zero-order chi connectivity index (χ0) is 17.8. The lowest BCUT2D eigenvalue weighted by molar-refractivity contribution is 0.0519. The van der Waals surface area contributed by atoms with Crippen molar-refractivity contribution in [3.63, 3.8) is 0 Å². The van der Waals surface area contributed by atoms with Gasteiger partial charge < -0.3 is 14.0 Å². The van der Waals surface area contributed by atoms with Crippen LogP contribution in [0.3, 0.4) is 0 Å². The van der Waals surface area contributed by atoms with E-state index >= 15 is 0 Å². The molecule has 2 heterocycles. The van der Waals surface area contributed by atoms with E-state index in [0.29, 0.717) is 23.9 Å². The lowest BCUT2D eigenvalue weighted by Crippen LogP contribution is -2.07. The second-order valence-electron chi connectivity index (χ2n) is 5.49. The molecule has 6 heteroatoms. The smallest absolute Gasteiger partial charge is 0.356 e. The number of nitrogens with zero attached hydrogens (tertiary/aromatic N) is 2. The first-order valence-corrected chi connectivity index (χ1v) is 8.53. The fraction of sp³-hybridized carbons (Fsp3) is 0.263. The second-order valence-corrected chi connectivity index (χ2v) is 5.93. The molecule has 0 aliphatic heterocycles. The van der Waals surface area contributed by atoms with E-state index < -0.39 is 5.97 Å². The van der Waals surface area contributed by atoms with Crippen LogP contribution in [0.2, 0.25) is 5.02 Å². The van der Waals surface area contributed by atoms with Crippen LogP contribution in [0.5, 0.6) is 5.75 Å². The van der Waals surface area contributed by atoms with Crippen molar-refractivity contribution in [3.05, 3.63) is 59.0 Å². The molecule has 0 aliphatic carbocycles. The zero-order valence-corrected chi connectivity index (χ0v) is 14.9. The number of halogens is 1. The van der Waals surface area contributed by atoms with Crippen molar-refractivity contribution in [2.75, 3.05) is 6.61 Å². The van der Waals surface area contributed by atoms with Crippen molar-refractivity contribution < 1.29 is 14.3 Å². The third kappa shape index (κ3) is 3.77. The highest BCUT2D eigenvalue weighted by Crippen LogP contribution is 2.24. The Bertz CT molecular complexity index is 888. The molecule has 130 valence electrons. The quantitative estimate of drug-likeness (QED) is 0.610. The van der Waals surface area contributed by atoms with Crippen LogP contribution in [-0.2, 0) is 17.9 Å². The number of carbonyl (C=O) groups is 1. The molecular weight excluding hydrogens is 340 g/mol. The van der Waals surface area contributed by atoms with Gasteiger partial charge >= 0.3 is 5.97 Å². The van der Waals surface area contributed by atoms with E-state index in [-0.39, 0.29) is 0 Å². The predicted octanol–water partition coefficient (Wildman–Crippen LogP) is 4.47. The molecule has 25 heavy (non-hydrogen) atoms. The van der Waals surface area contributed by atoms with Crippen LogP contribution in [0.1, 0.15) is 29.9 Å². The Balaban J connectivity index is 1.88. The van der Waals surface area contributed by atoms with Crippen molar-refractivity contribution in [1.29, 1.82) is 0 Å². The minimum Gasteiger partial charge on any atom is -0.489 e. The number of rotatable bonds is 6. The number of aryl methyl sites for hydroxylation is 1. The van der Waals surface area contributed by atoms with Gasteiger partial charge in [-0.25, -0.2) is 9.78 Å². The van der Waals surface area contributed by atoms with Gasteiger partial charge in [0.05, 0.1) is 12.1 Å². The Hall–Kier alpha value is -2.53. The third-order valence-electron chi connectivity index (χ3n) is 3.88. The maximum atomic E-state index is 11.9. The highest BCUT2D eigenvalue weighted by atomic mass is 35.5. The number of pyridine rings is 1. The summed E-state index contributed by atoms with van der Waals surface area (Å²) in [5.41, 5.74) is 2.26. The molecular formula is C19H19ClN2O3. The molecule has 0 saturated carbocycles. The van der Waals surface area contributed by atoms with Gasteiger partial charge in [0.25, 0.3) is 0 Å². The number of ether oxygens (including phenoxy) is 2. The number of fused-ring (bicyclic) bond motifs is 1. The van der Waals surface area contributed by atoms with Gasteiger partial charge in [-0.15, -0.1) is 0 Å². The zero-order valence-electron chi connectivity index (χ0n) is 14.2. The molecule has 0 fully saturated rings. The highest BCUT2D eigenvalue weighted by molar-refractivity contribution is 6.30. The van der Waals surface area contributed by atoms with Crippen LogP contribution < -0.4 is 4.74 Å². The summed E-state index contributed by atoms with van der Waals surface area (Å²) in [4.78, 5) is 16.1. The van der Waals surface area contributed by atoms with Crippen molar-refractivity contribution in [2.45, 2.75) is 27.0 Å². The lowest BCUT2D eigenvalue weighted by atomic mass is 10.2. The molecule has 3 rings (SSSR count). The molecule has 1 aromatic carbocycles. The van der Waals surface area contributed by atoms with Crippen molar-refractivity contribution in [1.82, 2.24) is 9.55 Å². The third-order valence-corrected chi connectivity index (χ3v) is 4.13. The first-order chi connectivity index (χ1) is 12.1. The summed E-state index contributed by atoms with van der Waals surface area (Å²) >= 11 is 5.89. The predicted molar refractivity (Wildman–Crippen MR) is 97.1 cm³/mol. The Morgan fingerprint density at radius 3 is 2.68 bits per heavy atom. The summed E-state index contributed by atoms with van der Waals surface area (Å²) in [5, 5.41) is 1.63. The van der Waals surface area contributed by atoms with Crippen LogP contribution in [-0.4, -0.2) is 22.1 Å². The molecule has 3 aromatic rings. The first kappa shape index (κ1) is 17.3. The normalized spacial score (nSPS) is 10.8. The molecule has 0 saturated heterocycles. The van der Waals surface area contributed by atoms with Crippen LogP contribution >= 0.6 is 11.6 Å². The van der Waals surface area contributed by atoms with E-state index in [2.05, 4.69) is 9.55 Å². The maximum Gasteiger partial charge on any atom is 0.356 e. The summed E-state index contributed by atoms with van der Waals surface area (Å²) in [6.07, 6.45) is 3.73. The fourth-order valence-electron chi connectivity index (χ4n) is 2.64. The SMILES string of the molecule is CCOC(=O)c1cc2c(cn1)c(COc1ccc(Cl)cc1)cn2CC. The van der Waals surface area contributed by atoms with E-state index in [0.717, 1.165) is 28.8 Å². The minimum absolute atomic E-state index is 0.312. The van der Waals surface area contributed by atoms with Gasteiger partial charge in [-0.05, 0) is 44.2 Å². The summed E-state index contributed by atoms with van der Waals surface area (Å²) in [6.45, 7) is 5.34. The molecule has 2 aromatic heterocycles. The Morgan fingerprint density at radius 1 is 1.24 bits per heavy atom. The second kappa shape index (κ2) is 7.57. The van der Waals surface area contributed by atoms with E-state index in [9.17, 15) is 4.79 Å². The van der Waals surface area contributed by atoms with Crippen molar-refractivity contribution in [3.8, 4) is 5.75 Å². The molecule has 0 radical (unpaired) electrons. The van der Waals surface area contributed by atoms with Gasteiger partial charge in [-0.3, -0.25) is 0 Å². The number of esters is 1. The minimum atomic E-state index is -0.410. The van der Waals surface area contributed by atoms with Crippen LogP contribution in [0.4, 0.5) is 0 Å². The van der Waals surface area contributed by atoms with E-state index in [1.54, 1.807) is 31.3 Å². The summed E-state index contributed by atoms with van der Waals surface area (Å²) in [5.74, 6) is 0.338. The first-order valence-electron chi connectivity index (χ1n) is 8.15. The Morgan fingerprint density at radius 2 is 2.00 bits per heavy atom. The van der Waals surface area contributed by atoms with Crippen molar-refractivity contribution >= 4 is 28.5 Å². The van der Waals surface area contributed by atoms with Crippen LogP contribution in [0, 0.1) is 0 Å². The number of carbonyl (C=O) groups excluding carboxylic acids is 1. The Kier molecular flexibility index (Phi) is 5.24. The molecule has 0 spiro atoms. The molecule has 0 amide bonds. The Labute approximate surface area is 151 Å². The van der Waals surface area contributed by atoms with E-state index in [1.807, 2.05) is 25.3 Å². The molecule has 0 bridgehead atoms. The average Bonchev–Trinajstić information content (AvgIpc) is 2.98. The molecule has 0 unspecified atom stereocenters. The van der Waals surface area contributed by atoms with Gasteiger partial charge in [0.2, 0.25) is 0 Å². The summed E-state index contributed by atoms with van der Waals surface area (Å²) in [6, 6.07) is 9.01. The van der Waals surface area contributed by atoms with Crippen molar-refractivity contribution in [2.24, 2.45) is 0 Å². The summed E-state index contributed by atoms with van der Waals surface area (Å²) in [7, 11) is 0. The molecule has 0 aliphatic rings.